The smallest absolute Gasteiger partial charge is 0.0139 e. The number of hydrogen-bond acceptors (Lipinski definition) is 0. The fourth-order valence-corrected chi connectivity index (χ4v) is 2.83. The molecule has 0 heteroatoms. The summed E-state index contributed by atoms with van der Waals surface area (Å²) in [6, 6.07) is 17.5. The minimum absolute atomic E-state index is 0.500. The highest BCUT2D eigenvalue weighted by molar-refractivity contribution is 5.78. The zero-order chi connectivity index (χ0) is 11.8. The molecule has 17 heavy (non-hydrogen) atoms. The van der Waals surface area contributed by atoms with E-state index in [0.717, 1.165) is 6.42 Å². The first-order valence-corrected chi connectivity index (χ1v) is 6.10. The van der Waals surface area contributed by atoms with Crippen molar-refractivity contribution in [1.29, 1.82) is 0 Å². The summed E-state index contributed by atoms with van der Waals surface area (Å²) in [6.07, 6.45) is 1.05. The molecular weight excluding hydrogens is 204 g/mol. The largest absolute Gasteiger partial charge is 0.100 e. The van der Waals surface area contributed by atoms with Gasteiger partial charge in [-0.15, -0.1) is 6.58 Å². The van der Waals surface area contributed by atoms with Crippen LogP contribution in [0.5, 0.6) is 0 Å². The summed E-state index contributed by atoms with van der Waals surface area (Å²) < 4.78 is 0. The van der Waals surface area contributed by atoms with E-state index in [2.05, 4.69) is 62.0 Å². The molecule has 0 radical (unpaired) electrons. The van der Waals surface area contributed by atoms with Gasteiger partial charge in [0.1, 0.15) is 0 Å². The summed E-state index contributed by atoms with van der Waals surface area (Å²) in [5.74, 6) is 0.500. The Morgan fingerprint density at radius 2 is 1.41 bits per heavy atom. The Kier molecular flexibility index (Phi) is 2.36. The van der Waals surface area contributed by atoms with Crippen LogP contribution in [-0.2, 0) is 0 Å². The van der Waals surface area contributed by atoms with Gasteiger partial charge in [-0.2, -0.15) is 0 Å². The summed E-state index contributed by atoms with van der Waals surface area (Å²) in [4.78, 5) is 0. The fraction of sp³-hybridized carbons (Fsp3) is 0.176. The van der Waals surface area contributed by atoms with E-state index in [-0.39, 0.29) is 0 Å². The van der Waals surface area contributed by atoms with Crippen molar-refractivity contribution in [3.63, 3.8) is 0 Å². The highest BCUT2D eigenvalue weighted by Gasteiger charge is 2.27. The molecule has 2 aromatic carbocycles. The first-order valence-electron chi connectivity index (χ1n) is 6.10. The second-order valence-electron chi connectivity index (χ2n) is 4.89. The third-order valence-electron chi connectivity index (χ3n) is 3.52. The SMILES string of the molecule is C=C(C)CC1c2ccccc2-c2ccccc21. The van der Waals surface area contributed by atoms with Crippen LogP contribution in [-0.4, -0.2) is 0 Å². The lowest BCUT2D eigenvalue weighted by Crippen LogP contribution is -1.96. The number of hydrogen-bond donors (Lipinski definition) is 0. The Labute approximate surface area is 103 Å². The lowest BCUT2D eigenvalue weighted by atomic mass is 9.91. The lowest BCUT2D eigenvalue weighted by Gasteiger charge is -2.13. The molecule has 0 aromatic heterocycles. The number of rotatable bonds is 2. The Morgan fingerprint density at radius 1 is 0.941 bits per heavy atom. The molecule has 2 aromatic rings. The van der Waals surface area contributed by atoms with Gasteiger partial charge < -0.3 is 0 Å². The van der Waals surface area contributed by atoms with Crippen LogP contribution in [0, 0.1) is 0 Å². The van der Waals surface area contributed by atoms with Crippen LogP contribution in [0.3, 0.4) is 0 Å². The molecule has 3 rings (SSSR count). The van der Waals surface area contributed by atoms with Crippen molar-refractivity contribution in [3.8, 4) is 11.1 Å². The molecule has 0 heterocycles. The summed E-state index contributed by atoms with van der Waals surface area (Å²) in [5.41, 5.74) is 6.96. The van der Waals surface area contributed by atoms with Crippen LogP contribution >= 0.6 is 0 Å². The summed E-state index contributed by atoms with van der Waals surface area (Å²) in [7, 11) is 0. The van der Waals surface area contributed by atoms with Gasteiger partial charge in [0.2, 0.25) is 0 Å². The summed E-state index contributed by atoms with van der Waals surface area (Å²) in [5, 5.41) is 0. The second-order valence-corrected chi connectivity index (χ2v) is 4.89. The topological polar surface area (TPSA) is 0 Å². The lowest BCUT2D eigenvalue weighted by molar-refractivity contribution is 0.819. The molecule has 1 aliphatic rings. The maximum Gasteiger partial charge on any atom is 0.0139 e. The van der Waals surface area contributed by atoms with Gasteiger partial charge >= 0.3 is 0 Å². The van der Waals surface area contributed by atoms with Gasteiger partial charge in [-0.25, -0.2) is 0 Å². The molecule has 0 N–H and O–H groups in total. The van der Waals surface area contributed by atoms with Gasteiger partial charge in [0, 0.05) is 5.92 Å². The maximum absolute atomic E-state index is 4.06. The van der Waals surface area contributed by atoms with Crippen molar-refractivity contribution < 1.29 is 0 Å². The third kappa shape index (κ3) is 1.61. The minimum atomic E-state index is 0.500. The standard InChI is InChI=1S/C17H16/c1-12(2)11-17-15-9-5-3-7-13(15)14-8-4-6-10-16(14)17/h3-10,17H,1,11H2,2H3. The van der Waals surface area contributed by atoms with E-state index in [1.807, 2.05) is 0 Å². The summed E-state index contributed by atoms with van der Waals surface area (Å²) in [6.45, 7) is 6.18. The molecule has 0 atom stereocenters. The second kappa shape index (κ2) is 3.89. The Morgan fingerprint density at radius 3 is 1.88 bits per heavy atom. The fourth-order valence-electron chi connectivity index (χ4n) is 2.83. The van der Waals surface area contributed by atoms with Gasteiger partial charge in [-0.1, -0.05) is 54.1 Å². The van der Waals surface area contributed by atoms with Gasteiger partial charge in [-0.3, -0.25) is 0 Å². The first-order chi connectivity index (χ1) is 8.27. The molecule has 1 aliphatic carbocycles. The average molecular weight is 220 g/mol. The Bertz CT molecular complexity index is 533. The van der Waals surface area contributed by atoms with Gasteiger partial charge in [0.25, 0.3) is 0 Å². The quantitative estimate of drug-likeness (QED) is 0.640. The molecule has 0 amide bonds. The van der Waals surface area contributed by atoms with E-state index >= 15 is 0 Å². The predicted octanol–water partition coefficient (Wildman–Crippen LogP) is 4.77. The van der Waals surface area contributed by atoms with Crippen LogP contribution in [0.25, 0.3) is 11.1 Å². The molecule has 0 unspecified atom stereocenters. The summed E-state index contributed by atoms with van der Waals surface area (Å²) >= 11 is 0. The average Bonchev–Trinajstić information content (AvgIpc) is 2.65. The first kappa shape index (κ1) is 10.3. The van der Waals surface area contributed by atoms with Crippen molar-refractivity contribution in [2.75, 3.05) is 0 Å². The predicted molar refractivity (Wildman–Crippen MR) is 73.2 cm³/mol. The minimum Gasteiger partial charge on any atom is -0.100 e. The normalized spacial score (nSPS) is 13.2. The van der Waals surface area contributed by atoms with E-state index < -0.39 is 0 Å². The third-order valence-corrected chi connectivity index (χ3v) is 3.52. The van der Waals surface area contributed by atoms with Crippen LogP contribution in [0.1, 0.15) is 30.4 Å². The molecular formula is C17H16. The maximum atomic E-state index is 4.06. The Balaban J connectivity index is 2.20. The van der Waals surface area contributed by atoms with E-state index in [1.54, 1.807) is 0 Å². The number of allylic oxidation sites excluding steroid dienone is 1. The van der Waals surface area contributed by atoms with E-state index in [9.17, 15) is 0 Å². The van der Waals surface area contributed by atoms with Crippen molar-refractivity contribution >= 4 is 0 Å². The van der Waals surface area contributed by atoms with Crippen molar-refractivity contribution in [2.45, 2.75) is 19.3 Å². The van der Waals surface area contributed by atoms with Gasteiger partial charge in [0.05, 0.1) is 0 Å². The Hall–Kier alpha value is -1.82. The molecule has 0 nitrogen and oxygen atoms in total. The van der Waals surface area contributed by atoms with Crippen LogP contribution < -0.4 is 0 Å². The number of fused-ring (bicyclic) bond motifs is 3. The highest BCUT2D eigenvalue weighted by Crippen LogP contribution is 2.46. The monoisotopic (exact) mass is 220 g/mol. The van der Waals surface area contributed by atoms with Gasteiger partial charge in [-0.05, 0) is 35.6 Å². The molecule has 84 valence electrons. The van der Waals surface area contributed by atoms with Gasteiger partial charge in [0.15, 0.2) is 0 Å². The zero-order valence-corrected chi connectivity index (χ0v) is 10.1. The van der Waals surface area contributed by atoms with Crippen LogP contribution in [0.4, 0.5) is 0 Å². The zero-order valence-electron chi connectivity index (χ0n) is 10.1. The van der Waals surface area contributed by atoms with E-state index in [0.29, 0.717) is 5.92 Å². The molecule has 0 aliphatic heterocycles. The van der Waals surface area contributed by atoms with Crippen LogP contribution in [0.15, 0.2) is 60.7 Å². The molecule has 0 fully saturated rings. The number of benzene rings is 2. The van der Waals surface area contributed by atoms with Crippen molar-refractivity contribution in [2.24, 2.45) is 0 Å². The van der Waals surface area contributed by atoms with Crippen molar-refractivity contribution in [1.82, 2.24) is 0 Å². The van der Waals surface area contributed by atoms with Crippen LogP contribution in [0.2, 0.25) is 0 Å². The van der Waals surface area contributed by atoms with E-state index in [1.165, 1.54) is 27.8 Å². The molecule has 0 saturated carbocycles. The molecule has 0 saturated heterocycles. The highest BCUT2D eigenvalue weighted by atomic mass is 14.3. The molecule has 0 bridgehead atoms. The van der Waals surface area contributed by atoms with Crippen molar-refractivity contribution in [3.05, 3.63) is 71.8 Å². The van der Waals surface area contributed by atoms with E-state index in [4.69, 9.17) is 0 Å². The molecule has 0 spiro atoms.